The van der Waals surface area contributed by atoms with Gasteiger partial charge in [-0.05, 0) is 12.1 Å². The summed E-state index contributed by atoms with van der Waals surface area (Å²) in [6.07, 6.45) is -0.457. The van der Waals surface area contributed by atoms with Gasteiger partial charge >= 0.3 is 0 Å². The average Bonchev–Trinajstić information content (AvgIpc) is 2.80. The zero-order valence-electron chi connectivity index (χ0n) is 11.6. The molecule has 1 amide bonds. The highest BCUT2D eigenvalue weighted by molar-refractivity contribution is 6.32. The highest BCUT2D eigenvalue weighted by Crippen LogP contribution is 2.26. The molecule has 1 N–H and O–H groups in total. The zero-order valence-corrected chi connectivity index (χ0v) is 12.4. The van der Waals surface area contributed by atoms with E-state index in [0.29, 0.717) is 17.3 Å². The van der Waals surface area contributed by atoms with Crippen molar-refractivity contribution < 1.29 is 18.3 Å². The highest BCUT2D eigenvalue weighted by atomic mass is 35.5. The number of nitrogens with one attached hydrogen (secondary N) is 1. The molecule has 7 heteroatoms. The summed E-state index contributed by atoms with van der Waals surface area (Å²) in [5.41, 5.74) is 0. The van der Waals surface area contributed by atoms with E-state index in [2.05, 4.69) is 5.32 Å². The van der Waals surface area contributed by atoms with Crippen molar-refractivity contribution >= 4 is 17.5 Å². The van der Waals surface area contributed by atoms with Gasteiger partial charge in [0.15, 0.2) is 0 Å². The average molecular weight is 319 g/mol. The number of hydrogen-bond acceptors (Lipinski definition) is 3. The van der Waals surface area contributed by atoms with E-state index in [1.54, 1.807) is 31.3 Å². The Morgan fingerprint density at radius 1 is 1.52 bits per heavy atom. The Bertz CT molecular complexity index is 514. The number of hydrogen-bond donors (Lipinski definition) is 1. The molecule has 1 aromatic rings. The van der Waals surface area contributed by atoms with Crippen molar-refractivity contribution in [3.05, 3.63) is 29.3 Å². The normalized spacial score (nSPS) is 20.3. The van der Waals surface area contributed by atoms with Gasteiger partial charge in [0.25, 0.3) is 5.92 Å². The molecule has 116 valence electrons. The van der Waals surface area contributed by atoms with E-state index in [1.165, 1.54) is 4.90 Å². The van der Waals surface area contributed by atoms with Crippen LogP contribution >= 0.6 is 11.6 Å². The molecule has 1 atom stereocenters. The number of carbonyl (C=O) groups is 1. The second-order valence-corrected chi connectivity index (χ2v) is 5.44. The van der Waals surface area contributed by atoms with Crippen molar-refractivity contribution in [1.82, 2.24) is 10.2 Å². The van der Waals surface area contributed by atoms with Crippen molar-refractivity contribution in [2.75, 3.05) is 26.7 Å². The fraction of sp³-hybridized carbons (Fsp3) is 0.500. The van der Waals surface area contributed by atoms with E-state index in [-0.39, 0.29) is 12.5 Å². The quantitative estimate of drug-likeness (QED) is 0.904. The number of benzene rings is 1. The van der Waals surface area contributed by atoms with Crippen LogP contribution < -0.4 is 10.1 Å². The third-order valence-corrected chi connectivity index (χ3v) is 3.62. The van der Waals surface area contributed by atoms with Crippen molar-refractivity contribution in [3.8, 4) is 5.75 Å². The summed E-state index contributed by atoms with van der Waals surface area (Å²) < 4.78 is 31.6. The van der Waals surface area contributed by atoms with E-state index in [1.807, 2.05) is 0 Å². The van der Waals surface area contributed by atoms with Gasteiger partial charge in [-0.1, -0.05) is 23.7 Å². The fourth-order valence-corrected chi connectivity index (χ4v) is 2.31. The number of carbonyl (C=O) groups excluding carboxylic acids is 1. The predicted molar refractivity (Wildman–Crippen MR) is 75.9 cm³/mol. The van der Waals surface area contributed by atoms with Crippen molar-refractivity contribution in [2.45, 2.75) is 18.4 Å². The summed E-state index contributed by atoms with van der Waals surface area (Å²) in [4.78, 5) is 13.4. The summed E-state index contributed by atoms with van der Waals surface area (Å²) >= 11 is 5.94. The minimum Gasteiger partial charge on any atom is -0.490 e. The lowest BCUT2D eigenvalue weighted by Crippen LogP contribution is -2.43. The molecule has 1 aliphatic rings. The Hall–Kier alpha value is -1.40. The molecule has 1 aromatic carbocycles. The molecule has 2 rings (SSSR count). The molecule has 4 nitrogen and oxygen atoms in total. The number of ether oxygens (including phenoxy) is 1. The van der Waals surface area contributed by atoms with Crippen LogP contribution in [0.25, 0.3) is 0 Å². The molecule has 0 aliphatic carbocycles. The van der Waals surface area contributed by atoms with Crippen molar-refractivity contribution in [3.63, 3.8) is 0 Å². The Labute approximate surface area is 127 Å². The first-order valence-electron chi connectivity index (χ1n) is 6.62. The Morgan fingerprint density at radius 2 is 2.24 bits per heavy atom. The van der Waals surface area contributed by atoms with Crippen LogP contribution in [0.1, 0.15) is 6.42 Å². The number of nitrogens with zero attached hydrogens (tertiary/aromatic N) is 1. The van der Waals surface area contributed by atoms with E-state index in [9.17, 15) is 13.6 Å². The molecule has 1 unspecified atom stereocenters. The summed E-state index contributed by atoms with van der Waals surface area (Å²) in [6.45, 7) is 0.0935. The molecule has 21 heavy (non-hydrogen) atoms. The van der Waals surface area contributed by atoms with Gasteiger partial charge in [-0.3, -0.25) is 10.1 Å². The van der Waals surface area contributed by atoms with E-state index in [0.717, 1.165) is 0 Å². The van der Waals surface area contributed by atoms with Crippen LogP contribution in [0.3, 0.4) is 0 Å². The van der Waals surface area contributed by atoms with Gasteiger partial charge in [0.1, 0.15) is 12.4 Å². The minimum absolute atomic E-state index is 0.245. The molecular weight excluding hydrogens is 302 g/mol. The zero-order chi connectivity index (χ0) is 15.5. The van der Waals surface area contributed by atoms with Gasteiger partial charge in [0, 0.05) is 13.5 Å². The van der Waals surface area contributed by atoms with Crippen LogP contribution in [-0.4, -0.2) is 49.5 Å². The third-order valence-electron chi connectivity index (χ3n) is 3.31. The molecular formula is C14H17ClF2N2O2. The Morgan fingerprint density at radius 3 is 2.86 bits per heavy atom. The minimum atomic E-state index is -2.81. The number of amides is 1. The highest BCUT2D eigenvalue weighted by Gasteiger charge is 2.43. The largest absolute Gasteiger partial charge is 0.490 e. The number of alkyl halides is 2. The second-order valence-electron chi connectivity index (χ2n) is 5.03. The van der Waals surface area contributed by atoms with Crippen LogP contribution in [0.5, 0.6) is 5.75 Å². The van der Waals surface area contributed by atoms with Gasteiger partial charge in [0.05, 0.1) is 24.2 Å². The topological polar surface area (TPSA) is 41.6 Å². The monoisotopic (exact) mass is 318 g/mol. The van der Waals surface area contributed by atoms with Gasteiger partial charge in [-0.15, -0.1) is 0 Å². The number of likely N-dealkylation sites (N-methyl/N-ethyl adjacent to an activating group) is 1. The van der Waals surface area contributed by atoms with Crippen LogP contribution in [0, 0.1) is 0 Å². The predicted octanol–water partition coefficient (Wildman–Crippen LogP) is 2.17. The summed E-state index contributed by atoms with van der Waals surface area (Å²) in [5, 5.41) is 3.03. The molecule has 0 radical (unpaired) electrons. The molecule has 1 heterocycles. The Balaban J connectivity index is 1.78. The van der Waals surface area contributed by atoms with Crippen LogP contribution in [-0.2, 0) is 4.79 Å². The van der Waals surface area contributed by atoms with Crippen LogP contribution in [0.15, 0.2) is 24.3 Å². The van der Waals surface area contributed by atoms with Crippen molar-refractivity contribution in [2.24, 2.45) is 0 Å². The molecule has 0 aromatic heterocycles. The smallest absolute Gasteiger partial charge is 0.262 e. The lowest BCUT2D eigenvalue weighted by Gasteiger charge is -2.21. The summed E-state index contributed by atoms with van der Waals surface area (Å²) in [5.74, 6) is -2.63. The SMILES string of the molecule is CN(CCOc1ccccc1Cl)C(=O)C1CC(F)(F)CN1. The summed E-state index contributed by atoms with van der Waals surface area (Å²) in [7, 11) is 1.57. The maximum absolute atomic E-state index is 13.1. The number of para-hydroxylation sites is 1. The van der Waals surface area contributed by atoms with E-state index >= 15 is 0 Å². The molecule has 1 saturated heterocycles. The second kappa shape index (κ2) is 6.58. The first kappa shape index (κ1) is 16.0. The molecule has 0 bridgehead atoms. The number of rotatable bonds is 5. The molecule has 0 saturated carbocycles. The van der Waals surface area contributed by atoms with Crippen molar-refractivity contribution in [1.29, 1.82) is 0 Å². The summed E-state index contributed by atoms with van der Waals surface area (Å²) in [6, 6.07) is 6.18. The van der Waals surface area contributed by atoms with Crippen LogP contribution in [0.4, 0.5) is 8.78 Å². The molecule has 0 spiro atoms. The van der Waals surface area contributed by atoms with Gasteiger partial charge in [-0.2, -0.15) is 0 Å². The Kier molecular flexibility index (Phi) is 5.00. The van der Waals surface area contributed by atoms with E-state index in [4.69, 9.17) is 16.3 Å². The maximum atomic E-state index is 13.1. The fourth-order valence-electron chi connectivity index (χ4n) is 2.12. The lowest BCUT2D eigenvalue weighted by molar-refractivity contribution is -0.132. The van der Waals surface area contributed by atoms with Crippen LogP contribution in [0.2, 0.25) is 5.02 Å². The molecule has 1 fully saturated rings. The first-order chi connectivity index (χ1) is 9.89. The van der Waals surface area contributed by atoms with E-state index < -0.39 is 24.9 Å². The standard InChI is InChI=1S/C14H17ClF2N2O2/c1-19(13(20)11-8-14(16,17)9-18-11)6-7-21-12-5-3-2-4-10(12)15/h2-5,11,18H,6-9H2,1H3. The number of halogens is 3. The maximum Gasteiger partial charge on any atom is 0.262 e. The third kappa shape index (κ3) is 4.28. The van der Waals surface area contributed by atoms with Gasteiger partial charge in [-0.25, -0.2) is 8.78 Å². The first-order valence-corrected chi connectivity index (χ1v) is 7.00. The lowest BCUT2D eigenvalue weighted by atomic mass is 10.2. The van der Waals surface area contributed by atoms with Gasteiger partial charge < -0.3 is 9.64 Å². The van der Waals surface area contributed by atoms with Gasteiger partial charge in [0.2, 0.25) is 5.91 Å². The molecule has 1 aliphatic heterocycles.